The van der Waals surface area contributed by atoms with Crippen molar-refractivity contribution in [3.8, 4) is 5.75 Å². The van der Waals surface area contributed by atoms with Crippen LogP contribution in [0.15, 0.2) is 22.7 Å². The molecule has 0 aliphatic carbocycles. The fourth-order valence-electron chi connectivity index (χ4n) is 2.76. The molecule has 2 atom stereocenters. The number of ether oxygens (including phenoxy) is 2. The Morgan fingerprint density at radius 2 is 2.35 bits per heavy atom. The third-order valence-corrected chi connectivity index (χ3v) is 4.44. The Morgan fingerprint density at radius 3 is 2.95 bits per heavy atom. The molecule has 1 N–H and O–H groups in total. The van der Waals surface area contributed by atoms with E-state index in [0.29, 0.717) is 12.0 Å². The van der Waals surface area contributed by atoms with Crippen LogP contribution in [0, 0.1) is 5.92 Å². The summed E-state index contributed by atoms with van der Waals surface area (Å²) in [6, 6.07) is 6.72. The van der Waals surface area contributed by atoms with Gasteiger partial charge in [-0.2, -0.15) is 0 Å². The molecule has 1 fully saturated rings. The first-order valence-electron chi connectivity index (χ1n) is 7.40. The van der Waals surface area contributed by atoms with E-state index < -0.39 is 0 Å². The van der Waals surface area contributed by atoms with Crippen LogP contribution < -0.4 is 10.1 Å². The molecule has 0 aromatic heterocycles. The standard InChI is InChI=1S/C16H24BrNO2/c1-3-8-18-16(13-5-4-9-20-11-13)12-6-7-15(19-2)14(17)10-12/h6-7,10,13,16,18H,3-5,8-9,11H2,1-2H3. The van der Waals surface area contributed by atoms with Gasteiger partial charge in [0.25, 0.3) is 0 Å². The summed E-state index contributed by atoms with van der Waals surface area (Å²) < 4.78 is 12.0. The fourth-order valence-corrected chi connectivity index (χ4v) is 3.32. The van der Waals surface area contributed by atoms with Gasteiger partial charge in [0.05, 0.1) is 18.2 Å². The molecular weight excluding hydrogens is 318 g/mol. The fraction of sp³-hybridized carbons (Fsp3) is 0.625. The van der Waals surface area contributed by atoms with Gasteiger partial charge < -0.3 is 14.8 Å². The molecule has 0 amide bonds. The lowest BCUT2D eigenvalue weighted by molar-refractivity contribution is 0.0390. The van der Waals surface area contributed by atoms with E-state index in [1.165, 1.54) is 12.0 Å². The van der Waals surface area contributed by atoms with Crippen molar-refractivity contribution in [2.24, 2.45) is 5.92 Å². The molecule has 1 saturated heterocycles. The number of nitrogens with one attached hydrogen (secondary N) is 1. The first-order chi connectivity index (χ1) is 9.76. The first-order valence-corrected chi connectivity index (χ1v) is 8.20. The Bertz CT molecular complexity index is 419. The average Bonchev–Trinajstić information content (AvgIpc) is 2.49. The SMILES string of the molecule is CCCNC(c1ccc(OC)c(Br)c1)C1CCCOC1. The summed E-state index contributed by atoms with van der Waals surface area (Å²) in [7, 11) is 1.70. The van der Waals surface area contributed by atoms with Gasteiger partial charge in [-0.3, -0.25) is 0 Å². The van der Waals surface area contributed by atoms with Crippen molar-refractivity contribution in [3.05, 3.63) is 28.2 Å². The summed E-state index contributed by atoms with van der Waals surface area (Å²) in [5.41, 5.74) is 1.31. The minimum atomic E-state index is 0.359. The normalized spacial score (nSPS) is 20.6. The average molecular weight is 342 g/mol. The second-order valence-electron chi connectivity index (χ2n) is 5.30. The molecule has 3 nitrogen and oxygen atoms in total. The molecule has 4 heteroatoms. The Labute approximate surface area is 130 Å². The molecule has 0 spiro atoms. The van der Waals surface area contributed by atoms with Crippen molar-refractivity contribution in [3.63, 3.8) is 0 Å². The summed E-state index contributed by atoms with van der Waals surface area (Å²) in [5.74, 6) is 1.43. The van der Waals surface area contributed by atoms with Crippen molar-refractivity contribution in [1.29, 1.82) is 0 Å². The predicted molar refractivity (Wildman–Crippen MR) is 85.3 cm³/mol. The molecule has 1 heterocycles. The van der Waals surface area contributed by atoms with Crippen LogP contribution in [0.2, 0.25) is 0 Å². The number of benzene rings is 1. The molecule has 20 heavy (non-hydrogen) atoms. The Morgan fingerprint density at radius 1 is 1.50 bits per heavy atom. The second kappa shape index (κ2) is 8.01. The number of halogens is 1. The van der Waals surface area contributed by atoms with Crippen LogP contribution in [-0.4, -0.2) is 26.9 Å². The maximum absolute atomic E-state index is 5.66. The van der Waals surface area contributed by atoms with Crippen molar-refractivity contribution in [2.75, 3.05) is 26.9 Å². The smallest absolute Gasteiger partial charge is 0.133 e. The molecule has 1 aromatic carbocycles. The predicted octanol–water partition coefficient (Wildman–Crippen LogP) is 3.93. The summed E-state index contributed by atoms with van der Waals surface area (Å²) in [5, 5.41) is 3.68. The van der Waals surface area contributed by atoms with Gasteiger partial charge in [0, 0.05) is 18.6 Å². The van der Waals surface area contributed by atoms with Gasteiger partial charge in [0.1, 0.15) is 5.75 Å². The monoisotopic (exact) mass is 341 g/mol. The maximum atomic E-state index is 5.66. The summed E-state index contributed by atoms with van der Waals surface area (Å²) in [4.78, 5) is 0. The highest BCUT2D eigenvalue weighted by atomic mass is 79.9. The van der Waals surface area contributed by atoms with Crippen LogP contribution in [0.5, 0.6) is 5.75 Å². The first kappa shape index (κ1) is 15.8. The van der Waals surface area contributed by atoms with E-state index in [4.69, 9.17) is 9.47 Å². The van der Waals surface area contributed by atoms with Crippen molar-refractivity contribution in [1.82, 2.24) is 5.32 Å². The van der Waals surface area contributed by atoms with E-state index >= 15 is 0 Å². The summed E-state index contributed by atoms with van der Waals surface area (Å²) >= 11 is 3.58. The quantitative estimate of drug-likeness (QED) is 0.850. The zero-order chi connectivity index (χ0) is 14.4. The molecule has 1 aromatic rings. The third kappa shape index (κ3) is 3.96. The van der Waals surface area contributed by atoms with Gasteiger partial charge in [-0.1, -0.05) is 13.0 Å². The number of rotatable bonds is 6. The van der Waals surface area contributed by atoms with Crippen LogP contribution in [-0.2, 0) is 4.74 Å². The van der Waals surface area contributed by atoms with Gasteiger partial charge in [0.15, 0.2) is 0 Å². The van der Waals surface area contributed by atoms with Gasteiger partial charge in [-0.15, -0.1) is 0 Å². The minimum absolute atomic E-state index is 0.359. The molecule has 2 rings (SSSR count). The van der Waals surface area contributed by atoms with Gasteiger partial charge in [-0.25, -0.2) is 0 Å². The van der Waals surface area contributed by atoms with Crippen LogP contribution in [0.3, 0.4) is 0 Å². The van der Waals surface area contributed by atoms with Crippen LogP contribution >= 0.6 is 15.9 Å². The lowest BCUT2D eigenvalue weighted by atomic mass is 9.88. The van der Waals surface area contributed by atoms with E-state index in [0.717, 1.165) is 42.8 Å². The summed E-state index contributed by atoms with van der Waals surface area (Å²) in [6.45, 7) is 4.99. The molecular formula is C16H24BrNO2. The molecule has 1 aliphatic heterocycles. The molecule has 1 aliphatic rings. The summed E-state index contributed by atoms with van der Waals surface area (Å²) in [6.07, 6.45) is 3.53. The highest BCUT2D eigenvalue weighted by molar-refractivity contribution is 9.10. The Kier molecular flexibility index (Phi) is 6.33. The lowest BCUT2D eigenvalue weighted by Gasteiger charge is -2.31. The van der Waals surface area contributed by atoms with E-state index in [2.05, 4.69) is 40.3 Å². The number of methoxy groups -OCH3 is 1. The molecule has 0 radical (unpaired) electrons. The maximum Gasteiger partial charge on any atom is 0.133 e. The van der Waals surface area contributed by atoms with E-state index in [9.17, 15) is 0 Å². The molecule has 0 saturated carbocycles. The number of hydrogen-bond donors (Lipinski definition) is 1. The highest BCUT2D eigenvalue weighted by Gasteiger charge is 2.25. The van der Waals surface area contributed by atoms with Gasteiger partial charge in [-0.05, 0) is 59.4 Å². The van der Waals surface area contributed by atoms with E-state index in [1.54, 1.807) is 7.11 Å². The zero-order valence-corrected chi connectivity index (χ0v) is 13.9. The highest BCUT2D eigenvalue weighted by Crippen LogP contribution is 2.33. The van der Waals surface area contributed by atoms with Gasteiger partial charge in [0.2, 0.25) is 0 Å². The van der Waals surface area contributed by atoms with E-state index in [1.807, 2.05) is 6.07 Å². The van der Waals surface area contributed by atoms with Crippen LogP contribution in [0.25, 0.3) is 0 Å². The topological polar surface area (TPSA) is 30.5 Å². The largest absolute Gasteiger partial charge is 0.496 e. The minimum Gasteiger partial charge on any atom is -0.496 e. The van der Waals surface area contributed by atoms with Crippen molar-refractivity contribution < 1.29 is 9.47 Å². The van der Waals surface area contributed by atoms with Gasteiger partial charge >= 0.3 is 0 Å². The van der Waals surface area contributed by atoms with E-state index in [-0.39, 0.29) is 0 Å². The Balaban J connectivity index is 2.18. The Hall–Kier alpha value is -0.580. The second-order valence-corrected chi connectivity index (χ2v) is 6.16. The third-order valence-electron chi connectivity index (χ3n) is 3.82. The number of hydrogen-bond acceptors (Lipinski definition) is 3. The zero-order valence-electron chi connectivity index (χ0n) is 12.3. The molecule has 2 unspecified atom stereocenters. The van der Waals surface area contributed by atoms with Crippen LogP contribution in [0.4, 0.5) is 0 Å². The molecule has 0 bridgehead atoms. The molecule has 112 valence electrons. The van der Waals surface area contributed by atoms with Crippen molar-refractivity contribution in [2.45, 2.75) is 32.2 Å². The van der Waals surface area contributed by atoms with Crippen molar-refractivity contribution >= 4 is 15.9 Å². The van der Waals surface area contributed by atoms with Crippen LogP contribution in [0.1, 0.15) is 37.8 Å². The lowest BCUT2D eigenvalue weighted by Crippen LogP contribution is -2.33.